The Kier molecular flexibility index (Phi) is 6.59. The minimum atomic E-state index is -4.02. The normalized spacial score (nSPS) is 27.4. The number of carbonyl (C=O) groups excluding carboxylic acids is 1. The Morgan fingerprint density at radius 2 is 2.30 bits per heavy atom. The number of halogens is 2. The third kappa shape index (κ3) is 4.81. The lowest BCUT2D eigenvalue weighted by molar-refractivity contribution is -0.777. The summed E-state index contributed by atoms with van der Waals surface area (Å²) in [4.78, 5) is 11.3. The molecule has 0 aromatic carbocycles. The van der Waals surface area contributed by atoms with Crippen molar-refractivity contribution in [3.63, 3.8) is 0 Å². The summed E-state index contributed by atoms with van der Waals surface area (Å²) >= 11 is -0.712. The van der Waals surface area contributed by atoms with Crippen molar-refractivity contribution in [2.45, 2.75) is 50.4 Å². The zero-order valence-electron chi connectivity index (χ0n) is 11.0. The van der Waals surface area contributed by atoms with Gasteiger partial charge in [0.25, 0.3) is 0 Å². The van der Waals surface area contributed by atoms with Crippen molar-refractivity contribution in [3.8, 4) is 0 Å². The second kappa shape index (κ2) is 7.51. The molecule has 0 spiro atoms. The van der Waals surface area contributed by atoms with Gasteiger partial charge in [0.05, 0.1) is 12.7 Å². The number of ether oxygens (including phenoxy) is 1. The van der Waals surface area contributed by atoms with Gasteiger partial charge in [-0.05, 0) is 25.7 Å². The quantitative estimate of drug-likeness (QED) is 0.328. The lowest BCUT2D eigenvalue weighted by atomic mass is 9.72. The Hall–Kier alpha value is -0.480. The van der Waals surface area contributed by atoms with Gasteiger partial charge in [0.15, 0.2) is 0 Å². The van der Waals surface area contributed by atoms with Crippen molar-refractivity contribution in [2.24, 2.45) is 5.41 Å². The first-order valence-electron chi connectivity index (χ1n) is 6.23. The Balaban J connectivity index is 2.53. The number of aliphatic hydroxyl groups is 1. The summed E-state index contributed by atoms with van der Waals surface area (Å²) in [5.74, 6) is -1.80. The summed E-state index contributed by atoms with van der Waals surface area (Å²) < 4.78 is 34.4. The lowest BCUT2D eigenvalue weighted by Crippen LogP contribution is -2.38. The molecule has 1 N–H and O–H groups in total. The highest BCUT2D eigenvalue weighted by molar-refractivity contribution is 7.96. The molecule has 9 heteroatoms. The highest BCUT2D eigenvalue weighted by Crippen LogP contribution is 2.40. The number of esters is 1. The molecule has 1 saturated carbocycles. The van der Waals surface area contributed by atoms with Gasteiger partial charge in [0, 0.05) is 5.41 Å². The molecule has 0 heterocycles. The van der Waals surface area contributed by atoms with Crippen molar-refractivity contribution in [2.75, 3.05) is 6.61 Å². The number of alkyl halides is 2. The summed E-state index contributed by atoms with van der Waals surface area (Å²) in [5, 5.41) is 17.9. The molecule has 1 rings (SSSR count). The van der Waals surface area contributed by atoms with Crippen LogP contribution in [0.1, 0.15) is 39.0 Å². The third-order valence-electron chi connectivity index (χ3n) is 3.58. The van der Waals surface area contributed by atoms with Crippen molar-refractivity contribution in [1.82, 2.24) is 0 Å². The number of hydrogen-bond acceptors (Lipinski definition) is 7. The number of aliphatic hydroxyl groups excluding tert-OH is 1. The van der Waals surface area contributed by atoms with E-state index in [4.69, 9.17) is 0 Å². The largest absolute Gasteiger partial charge is 0.691 e. The molecule has 6 nitrogen and oxygen atoms in total. The van der Waals surface area contributed by atoms with E-state index in [1.165, 1.54) is 0 Å². The molecule has 2 unspecified atom stereocenters. The number of rotatable bonds is 7. The fourth-order valence-corrected chi connectivity index (χ4v) is 2.60. The second-order valence-electron chi connectivity index (χ2n) is 4.92. The van der Waals surface area contributed by atoms with Crippen LogP contribution in [-0.2, 0) is 18.9 Å². The smallest absolute Gasteiger partial charge is 0.415 e. The molecule has 20 heavy (non-hydrogen) atoms. The number of hydrogen-bond donors (Lipinski definition) is 1. The van der Waals surface area contributed by atoms with Crippen LogP contribution < -0.4 is 5.26 Å². The average Bonchev–Trinajstić information content (AvgIpc) is 2.42. The minimum Gasteiger partial charge on any atom is -0.691 e. The van der Waals surface area contributed by atoms with Crippen molar-refractivity contribution in [3.05, 3.63) is 0 Å². The molecule has 0 aliphatic heterocycles. The molecule has 0 aromatic heterocycles. The predicted molar refractivity (Wildman–Crippen MR) is 62.9 cm³/mol. The van der Waals surface area contributed by atoms with Gasteiger partial charge in [-0.25, -0.2) is 4.79 Å². The van der Waals surface area contributed by atoms with Gasteiger partial charge >= 0.3 is 11.2 Å². The second-order valence-corrected chi connectivity index (χ2v) is 5.73. The van der Waals surface area contributed by atoms with E-state index in [-0.39, 0.29) is 6.61 Å². The van der Waals surface area contributed by atoms with Gasteiger partial charge in [0.2, 0.25) is 0 Å². The van der Waals surface area contributed by atoms with E-state index in [1.807, 2.05) is 6.92 Å². The van der Waals surface area contributed by atoms with Crippen molar-refractivity contribution >= 4 is 18.0 Å². The van der Waals surface area contributed by atoms with Crippen LogP contribution in [0.3, 0.4) is 0 Å². The van der Waals surface area contributed by atoms with E-state index in [1.54, 1.807) is 0 Å². The zero-order valence-corrected chi connectivity index (χ0v) is 11.8. The lowest BCUT2D eigenvalue weighted by Gasteiger charge is -2.38. The van der Waals surface area contributed by atoms with Gasteiger partial charge in [-0.1, -0.05) is 13.3 Å². The van der Waals surface area contributed by atoms with Crippen LogP contribution in [0.15, 0.2) is 0 Å². The van der Waals surface area contributed by atoms with Crippen LogP contribution in [0.25, 0.3) is 0 Å². The summed E-state index contributed by atoms with van der Waals surface area (Å²) in [6.07, 6.45) is 2.63. The fraction of sp³-hybridized carbons (Fsp3) is 0.909. The predicted octanol–water partition coefficient (Wildman–Crippen LogP) is 1.33. The molecular formula is C11H17F2O6S-. The SMILES string of the molecule is CCC1(COC(=O)C(F)(F)SOO[O-])CCCC(O)C1. The van der Waals surface area contributed by atoms with Crippen LogP contribution in [0.4, 0.5) is 8.78 Å². The molecule has 2 atom stereocenters. The molecule has 0 saturated heterocycles. The minimum absolute atomic E-state index is 0.201. The number of carbonyl (C=O) groups is 1. The van der Waals surface area contributed by atoms with Gasteiger partial charge < -0.3 is 15.1 Å². The average molecular weight is 315 g/mol. The highest BCUT2D eigenvalue weighted by atomic mass is 32.2. The summed E-state index contributed by atoms with van der Waals surface area (Å²) in [6.45, 7) is 1.65. The summed E-state index contributed by atoms with van der Waals surface area (Å²) in [5.41, 5.74) is -0.482. The summed E-state index contributed by atoms with van der Waals surface area (Å²) in [7, 11) is 0. The maximum Gasteiger partial charge on any atom is 0.415 e. The van der Waals surface area contributed by atoms with Gasteiger partial charge in [-0.15, -0.1) is 0 Å². The maximum atomic E-state index is 13.2. The third-order valence-corrected chi connectivity index (χ3v) is 4.08. The molecule has 118 valence electrons. The highest BCUT2D eigenvalue weighted by Gasteiger charge is 2.45. The van der Waals surface area contributed by atoms with Gasteiger partial charge in [0.1, 0.15) is 12.0 Å². The van der Waals surface area contributed by atoms with Gasteiger partial charge in [-0.3, -0.25) is 5.04 Å². The van der Waals surface area contributed by atoms with Crippen LogP contribution in [-0.4, -0.2) is 29.0 Å². The molecule has 1 aliphatic rings. The Labute approximate surface area is 119 Å². The Morgan fingerprint density at radius 3 is 2.85 bits per heavy atom. The van der Waals surface area contributed by atoms with Crippen LogP contribution in [0.2, 0.25) is 0 Å². The Morgan fingerprint density at radius 1 is 1.60 bits per heavy atom. The van der Waals surface area contributed by atoms with E-state index in [2.05, 4.69) is 14.1 Å². The molecule has 0 amide bonds. The fourth-order valence-electron chi connectivity index (χ4n) is 2.36. The molecule has 0 radical (unpaired) electrons. The monoisotopic (exact) mass is 315 g/mol. The molecule has 0 bridgehead atoms. The standard InChI is InChI=1S/C11H18F2O6S/c1-2-10(5-3-4-8(14)6-10)7-17-9(15)11(12,13)20-19-18-16/h8,14,16H,2-7H2,1H3/p-1. The van der Waals surface area contributed by atoms with Crippen LogP contribution in [0.5, 0.6) is 0 Å². The molecular weight excluding hydrogens is 298 g/mol. The first-order valence-corrected chi connectivity index (χ1v) is 6.97. The molecule has 1 fully saturated rings. The Bertz CT molecular complexity index is 330. The van der Waals surface area contributed by atoms with Crippen LogP contribution in [0, 0.1) is 5.41 Å². The van der Waals surface area contributed by atoms with E-state index < -0.39 is 34.8 Å². The van der Waals surface area contributed by atoms with Gasteiger partial charge in [-0.2, -0.15) is 13.1 Å². The zero-order chi connectivity index (χ0) is 15.2. The van der Waals surface area contributed by atoms with Crippen molar-refractivity contribution in [1.29, 1.82) is 0 Å². The van der Waals surface area contributed by atoms with Crippen molar-refractivity contribution < 1.29 is 38.0 Å². The summed E-state index contributed by atoms with van der Waals surface area (Å²) in [6, 6.07) is 0. The maximum absolute atomic E-state index is 13.2. The molecule has 1 aliphatic carbocycles. The van der Waals surface area contributed by atoms with E-state index in [0.29, 0.717) is 25.7 Å². The topological polar surface area (TPSA) is 88.1 Å². The first kappa shape index (κ1) is 17.6. The van der Waals surface area contributed by atoms with E-state index in [0.717, 1.165) is 6.42 Å². The van der Waals surface area contributed by atoms with E-state index >= 15 is 0 Å². The van der Waals surface area contributed by atoms with Crippen LogP contribution >= 0.6 is 12.0 Å². The van der Waals surface area contributed by atoms with E-state index in [9.17, 15) is 23.9 Å². The first-order chi connectivity index (χ1) is 9.35. The molecule has 0 aromatic rings.